The maximum atomic E-state index is 12.5. The highest BCUT2D eigenvalue weighted by Gasteiger charge is 2.19. The second-order valence-corrected chi connectivity index (χ2v) is 5.40. The highest BCUT2D eigenvalue weighted by Crippen LogP contribution is 2.16. The van der Waals surface area contributed by atoms with Crippen molar-refractivity contribution >= 4 is 5.91 Å². The van der Waals surface area contributed by atoms with E-state index >= 15 is 0 Å². The first-order valence-corrected chi connectivity index (χ1v) is 7.50. The van der Waals surface area contributed by atoms with Gasteiger partial charge < -0.3 is 10.3 Å². The molecule has 118 valence electrons. The van der Waals surface area contributed by atoms with Crippen LogP contribution in [-0.4, -0.2) is 20.7 Å². The van der Waals surface area contributed by atoms with E-state index in [2.05, 4.69) is 15.4 Å². The molecule has 0 fully saturated rings. The van der Waals surface area contributed by atoms with Crippen LogP contribution in [0.5, 0.6) is 0 Å². The molecule has 0 aliphatic heterocycles. The molecule has 0 saturated heterocycles. The molecule has 1 unspecified atom stereocenters. The molecule has 0 spiro atoms. The maximum Gasteiger partial charge on any atom is 0.261 e. The number of rotatable bonds is 5. The van der Waals surface area contributed by atoms with Gasteiger partial charge in [-0.05, 0) is 38.8 Å². The highest BCUT2D eigenvalue weighted by atomic mass is 16.2. The van der Waals surface area contributed by atoms with Crippen molar-refractivity contribution in [3.05, 3.63) is 51.2 Å². The van der Waals surface area contributed by atoms with E-state index in [9.17, 15) is 9.59 Å². The van der Waals surface area contributed by atoms with Gasteiger partial charge in [0.05, 0.1) is 12.2 Å². The largest absolute Gasteiger partial charge is 0.345 e. The second kappa shape index (κ2) is 6.60. The fourth-order valence-corrected chi connectivity index (χ4v) is 2.52. The van der Waals surface area contributed by atoms with Gasteiger partial charge in [0.25, 0.3) is 11.5 Å². The Morgan fingerprint density at radius 3 is 2.68 bits per heavy atom. The first-order chi connectivity index (χ1) is 10.5. The third-order valence-corrected chi connectivity index (χ3v) is 3.69. The summed E-state index contributed by atoms with van der Waals surface area (Å²) < 4.78 is 1.81. The summed E-state index contributed by atoms with van der Waals surface area (Å²) in [6.07, 6.45) is 4.40. The fraction of sp³-hybridized carbons (Fsp3) is 0.438. The van der Waals surface area contributed by atoms with Crippen molar-refractivity contribution in [1.29, 1.82) is 0 Å². The molecule has 2 aromatic heterocycles. The Morgan fingerprint density at radius 2 is 2.14 bits per heavy atom. The standard InChI is InChI=1S/C16H22N4O2/c1-5-13(12-8-17-20(6-2)9-12)19-16(22)14-10(3)7-11(4)18-15(14)21/h7-9,13H,5-6H2,1-4H3,(H,18,21)(H,19,22). The van der Waals surface area contributed by atoms with E-state index in [1.54, 1.807) is 26.1 Å². The number of pyridine rings is 1. The van der Waals surface area contributed by atoms with Crippen molar-refractivity contribution < 1.29 is 4.79 Å². The molecule has 6 heteroatoms. The van der Waals surface area contributed by atoms with E-state index < -0.39 is 0 Å². The lowest BCUT2D eigenvalue weighted by molar-refractivity contribution is 0.0933. The van der Waals surface area contributed by atoms with Crippen molar-refractivity contribution in [2.24, 2.45) is 0 Å². The van der Waals surface area contributed by atoms with Crippen molar-refractivity contribution in [2.75, 3.05) is 0 Å². The number of hydrogen-bond acceptors (Lipinski definition) is 3. The Balaban J connectivity index is 2.25. The molecule has 6 nitrogen and oxygen atoms in total. The Kier molecular flexibility index (Phi) is 4.80. The number of aryl methyl sites for hydroxylation is 3. The minimum atomic E-state index is -0.353. The van der Waals surface area contributed by atoms with Crippen molar-refractivity contribution in [3.63, 3.8) is 0 Å². The van der Waals surface area contributed by atoms with E-state index in [1.165, 1.54) is 0 Å². The number of nitrogens with zero attached hydrogens (tertiary/aromatic N) is 2. The van der Waals surface area contributed by atoms with Crippen LogP contribution >= 0.6 is 0 Å². The van der Waals surface area contributed by atoms with Crippen LogP contribution in [0.15, 0.2) is 23.3 Å². The SMILES string of the molecule is CCC(NC(=O)c1c(C)cc(C)[nH]c1=O)c1cnn(CC)c1. The number of aromatic nitrogens is 3. The minimum absolute atomic E-state index is 0.159. The van der Waals surface area contributed by atoms with Crippen LogP contribution < -0.4 is 10.9 Å². The van der Waals surface area contributed by atoms with Gasteiger partial charge in [-0.3, -0.25) is 14.3 Å². The molecule has 2 heterocycles. The first-order valence-electron chi connectivity index (χ1n) is 7.50. The monoisotopic (exact) mass is 302 g/mol. The summed E-state index contributed by atoms with van der Waals surface area (Å²) >= 11 is 0. The van der Waals surface area contributed by atoms with Crippen LogP contribution in [0.2, 0.25) is 0 Å². The van der Waals surface area contributed by atoms with Gasteiger partial charge in [0.15, 0.2) is 0 Å². The Hall–Kier alpha value is -2.37. The fourth-order valence-electron chi connectivity index (χ4n) is 2.52. The quantitative estimate of drug-likeness (QED) is 0.887. The van der Waals surface area contributed by atoms with Gasteiger partial charge >= 0.3 is 0 Å². The molecule has 1 atom stereocenters. The van der Waals surface area contributed by atoms with Gasteiger partial charge in [-0.25, -0.2) is 0 Å². The maximum absolute atomic E-state index is 12.5. The minimum Gasteiger partial charge on any atom is -0.345 e. The van der Waals surface area contributed by atoms with Crippen LogP contribution in [0.25, 0.3) is 0 Å². The van der Waals surface area contributed by atoms with E-state index in [0.717, 1.165) is 24.2 Å². The van der Waals surface area contributed by atoms with Gasteiger partial charge in [0.2, 0.25) is 0 Å². The first kappa shape index (κ1) is 16.0. The predicted molar refractivity (Wildman–Crippen MR) is 84.9 cm³/mol. The molecular weight excluding hydrogens is 280 g/mol. The van der Waals surface area contributed by atoms with Crippen LogP contribution in [0, 0.1) is 13.8 Å². The van der Waals surface area contributed by atoms with Crippen LogP contribution in [0.1, 0.15) is 53.5 Å². The molecule has 0 radical (unpaired) electrons. The number of nitrogens with one attached hydrogen (secondary N) is 2. The molecule has 0 aliphatic carbocycles. The number of carbonyl (C=O) groups is 1. The second-order valence-electron chi connectivity index (χ2n) is 5.40. The molecule has 0 bridgehead atoms. The van der Waals surface area contributed by atoms with E-state index in [0.29, 0.717) is 5.56 Å². The Labute approximate surface area is 129 Å². The van der Waals surface area contributed by atoms with Gasteiger partial charge in [0.1, 0.15) is 5.56 Å². The average molecular weight is 302 g/mol. The van der Waals surface area contributed by atoms with Crippen LogP contribution in [-0.2, 0) is 6.54 Å². The van der Waals surface area contributed by atoms with Gasteiger partial charge in [0, 0.05) is 24.0 Å². The average Bonchev–Trinajstić information content (AvgIpc) is 2.92. The zero-order valence-corrected chi connectivity index (χ0v) is 13.4. The topological polar surface area (TPSA) is 79.8 Å². The number of amides is 1. The lowest BCUT2D eigenvalue weighted by Crippen LogP contribution is -2.33. The number of aromatic amines is 1. The lowest BCUT2D eigenvalue weighted by atomic mass is 10.1. The number of H-pyrrole nitrogens is 1. The Bertz CT molecular complexity index is 730. The Morgan fingerprint density at radius 1 is 1.41 bits per heavy atom. The molecular formula is C16H22N4O2. The van der Waals surface area contributed by atoms with Crippen LogP contribution in [0.3, 0.4) is 0 Å². The summed E-state index contributed by atoms with van der Waals surface area (Å²) in [6, 6.07) is 1.64. The molecule has 0 aromatic carbocycles. The smallest absolute Gasteiger partial charge is 0.261 e. The van der Waals surface area contributed by atoms with Crippen LogP contribution in [0.4, 0.5) is 0 Å². The predicted octanol–water partition coefficient (Wildman–Crippen LogP) is 2.09. The molecule has 1 amide bonds. The zero-order chi connectivity index (χ0) is 16.3. The molecule has 0 saturated carbocycles. The summed E-state index contributed by atoms with van der Waals surface area (Å²) in [4.78, 5) is 27.2. The summed E-state index contributed by atoms with van der Waals surface area (Å²) in [5, 5.41) is 7.15. The van der Waals surface area contributed by atoms with E-state index in [-0.39, 0.29) is 23.1 Å². The van der Waals surface area contributed by atoms with E-state index in [4.69, 9.17) is 0 Å². The number of carbonyl (C=O) groups excluding carboxylic acids is 1. The summed E-state index contributed by atoms with van der Waals surface area (Å²) in [6.45, 7) is 8.34. The molecule has 22 heavy (non-hydrogen) atoms. The van der Waals surface area contributed by atoms with Gasteiger partial charge in [-0.2, -0.15) is 5.10 Å². The lowest BCUT2D eigenvalue weighted by Gasteiger charge is -2.16. The van der Waals surface area contributed by atoms with Crippen molar-refractivity contribution in [1.82, 2.24) is 20.1 Å². The van der Waals surface area contributed by atoms with Gasteiger partial charge in [-0.15, -0.1) is 0 Å². The number of hydrogen-bond donors (Lipinski definition) is 2. The van der Waals surface area contributed by atoms with Gasteiger partial charge in [-0.1, -0.05) is 6.92 Å². The summed E-state index contributed by atoms with van der Waals surface area (Å²) in [7, 11) is 0. The third-order valence-electron chi connectivity index (χ3n) is 3.69. The third kappa shape index (κ3) is 3.27. The summed E-state index contributed by atoms with van der Waals surface area (Å²) in [5.74, 6) is -0.352. The van der Waals surface area contributed by atoms with E-state index in [1.807, 2.05) is 24.7 Å². The molecule has 0 aliphatic rings. The molecule has 2 rings (SSSR count). The zero-order valence-electron chi connectivity index (χ0n) is 13.4. The molecule has 2 N–H and O–H groups in total. The van der Waals surface area contributed by atoms with Crippen molar-refractivity contribution in [2.45, 2.75) is 46.7 Å². The molecule has 2 aromatic rings. The summed E-state index contributed by atoms with van der Waals surface area (Å²) in [5.41, 5.74) is 2.19. The normalized spacial score (nSPS) is 12.2. The van der Waals surface area contributed by atoms with Crippen molar-refractivity contribution in [3.8, 4) is 0 Å². The highest BCUT2D eigenvalue weighted by molar-refractivity contribution is 5.95.